The number of carbonyl (C=O) groups excluding carboxylic acids is 1. The minimum Gasteiger partial charge on any atom is -0.383 e. The third-order valence-electron chi connectivity index (χ3n) is 6.33. The Labute approximate surface area is 161 Å². The molecule has 5 nitrogen and oxygen atoms in total. The fourth-order valence-electron chi connectivity index (χ4n) is 4.85. The molecule has 1 aromatic heterocycles. The number of fused-ring (bicyclic) bond motifs is 2. The van der Waals surface area contributed by atoms with E-state index in [2.05, 4.69) is 27.0 Å². The van der Waals surface area contributed by atoms with Crippen molar-refractivity contribution in [2.75, 3.05) is 33.4 Å². The Kier molecular flexibility index (Phi) is 5.79. The lowest BCUT2D eigenvalue weighted by Crippen LogP contribution is -2.51. The van der Waals surface area contributed by atoms with Crippen molar-refractivity contribution in [3.05, 3.63) is 36.0 Å². The second-order valence-corrected chi connectivity index (χ2v) is 7.99. The zero-order valence-electron chi connectivity index (χ0n) is 16.3. The van der Waals surface area contributed by atoms with Crippen molar-refractivity contribution in [1.82, 2.24) is 14.8 Å². The van der Waals surface area contributed by atoms with Gasteiger partial charge in [0.25, 0.3) is 5.91 Å². The number of benzene rings is 1. The van der Waals surface area contributed by atoms with Crippen LogP contribution >= 0.6 is 0 Å². The first-order valence-electron chi connectivity index (χ1n) is 10.4. The second kappa shape index (κ2) is 8.44. The smallest absolute Gasteiger partial charge is 0.251 e. The van der Waals surface area contributed by atoms with E-state index in [0.29, 0.717) is 18.6 Å². The topological polar surface area (TPSA) is 46.5 Å². The van der Waals surface area contributed by atoms with Gasteiger partial charge in [0.15, 0.2) is 0 Å². The van der Waals surface area contributed by atoms with Crippen LogP contribution in [0.4, 0.5) is 0 Å². The second-order valence-electron chi connectivity index (χ2n) is 7.99. The fraction of sp³-hybridized carbons (Fsp3) is 0.591. The number of amides is 1. The highest BCUT2D eigenvalue weighted by atomic mass is 16.5. The third kappa shape index (κ3) is 4.04. The molecule has 0 bridgehead atoms. The first-order chi connectivity index (χ1) is 13.3. The molecule has 146 valence electrons. The average Bonchev–Trinajstić information content (AvgIpc) is 3.12. The SMILES string of the molecule is COCCn1ccc2ccc(C(=O)NC[C@@H]3CCCN4CCCC[C@H]34)cc21. The monoisotopic (exact) mass is 369 g/mol. The van der Waals surface area contributed by atoms with E-state index in [1.54, 1.807) is 7.11 Å². The number of hydrogen-bond donors (Lipinski definition) is 1. The fourth-order valence-corrected chi connectivity index (χ4v) is 4.85. The minimum atomic E-state index is 0.0457. The minimum absolute atomic E-state index is 0.0457. The first-order valence-corrected chi connectivity index (χ1v) is 10.4. The molecule has 2 aliphatic rings. The molecule has 1 N–H and O–H groups in total. The molecule has 2 aromatic rings. The molecule has 0 spiro atoms. The summed E-state index contributed by atoms with van der Waals surface area (Å²) in [5.74, 6) is 0.640. The van der Waals surface area contributed by atoms with Crippen molar-refractivity contribution in [3.8, 4) is 0 Å². The average molecular weight is 370 g/mol. The first kappa shape index (κ1) is 18.5. The van der Waals surface area contributed by atoms with Crippen LogP contribution in [0.25, 0.3) is 10.9 Å². The van der Waals surface area contributed by atoms with Crippen molar-refractivity contribution >= 4 is 16.8 Å². The highest BCUT2D eigenvalue weighted by molar-refractivity contribution is 5.98. The van der Waals surface area contributed by atoms with E-state index in [0.717, 1.165) is 29.6 Å². The molecule has 3 heterocycles. The van der Waals surface area contributed by atoms with Crippen molar-refractivity contribution in [2.24, 2.45) is 5.92 Å². The van der Waals surface area contributed by atoms with E-state index in [9.17, 15) is 4.79 Å². The van der Waals surface area contributed by atoms with Gasteiger partial charge >= 0.3 is 0 Å². The van der Waals surface area contributed by atoms with Crippen molar-refractivity contribution < 1.29 is 9.53 Å². The summed E-state index contributed by atoms with van der Waals surface area (Å²) in [6, 6.07) is 8.74. The molecule has 2 aliphatic heterocycles. The largest absolute Gasteiger partial charge is 0.383 e. The zero-order valence-corrected chi connectivity index (χ0v) is 16.3. The zero-order chi connectivity index (χ0) is 18.6. The highest BCUT2D eigenvalue weighted by Gasteiger charge is 2.32. The van der Waals surface area contributed by atoms with Gasteiger partial charge in [-0.05, 0) is 68.3 Å². The van der Waals surface area contributed by atoms with Gasteiger partial charge in [0, 0.05) is 43.5 Å². The number of nitrogens with one attached hydrogen (secondary N) is 1. The van der Waals surface area contributed by atoms with Crippen LogP contribution in [0.3, 0.4) is 0 Å². The van der Waals surface area contributed by atoms with Gasteiger partial charge in [0.05, 0.1) is 6.61 Å². The van der Waals surface area contributed by atoms with Crippen molar-refractivity contribution in [2.45, 2.75) is 44.7 Å². The lowest BCUT2D eigenvalue weighted by Gasteiger charge is -2.44. The van der Waals surface area contributed by atoms with E-state index in [-0.39, 0.29) is 5.91 Å². The van der Waals surface area contributed by atoms with Gasteiger partial charge in [-0.2, -0.15) is 0 Å². The molecule has 0 saturated carbocycles. The molecule has 0 aliphatic carbocycles. The maximum absolute atomic E-state index is 12.8. The lowest BCUT2D eigenvalue weighted by molar-refractivity contribution is 0.0575. The highest BCUT2D eigenvalue weighted by Crippen LogP contribution is 2.30. The Morgan fingerprint density at radius 1 is 1.19 bits per heavy atom. The van der Waals surface area contributed by atoms with Crippen molar-refractivity contribution in [3.63, 3.8) is 0 Å². The molecule has 5 heteroatoms. The number of rotatable bonds is 6. The molecular formula is C22H31N3O2. The number of nitrogens with zero attached hydrogens (tertiary/aromatic N) is 2. The van der Waals surface area contributed by atoms with Crippen LogP contribution < -0.4 is 5.32 Å². The predicted octanol–water partition coefficient (Wildman–Crippen LogP) is 3.28. The van der Waals surface area contributed by atoms with Crippen LogP contribution in [0.5, 0.6) is 0 Å². The molecule has 1 amide bonds. The van der Waals surface area contributed by atoms with E-state index < -0.39 is 0 Å². The van der Waals surface area contributed by atoms with Crippen molar-refractivity contribution in [1.29, 1.82) is 0 Å². The van der Waals surface area contributed by atoms with Crippen LogP contribution in [0.1, 0.15) is 42.5 Å². The number of ether oxygens (including phenoxy) is 1. The summed E-state index contributed by atoms with van der Waals surface area (Å²) in [6.07, 6.45) is 8.51. The maximum Gasteiger partial charge on any atom is 0.251 e. The van der Waals surface area contributed by atoms with Gasteiger partial charge in [-0.15, -0.1) is 0 Å². The van der Waals surface area contributed by atoms with E-state index in [1.807, 2.05) is 18.2 Å². The van der Waals surface area contributed by atoms with Gasteiger partial charge in [-0.25, -0.2) is 0 Å². The normalized spacial score (nSPS) is 23.3. The molecular weight excluding hydrogens is 338 g/mol. The maximum atomic E-state index is 12.8. The van der Waals surface area contributed by atoms with Gasteiger partial charge < -0.3 is 19.5 Å². The molecule has 1 aromatic carbocycles. The molecule has 27 heavy (non-hydrogen) atoms. The lowest BCUT2D eigenvalue weighted by atomic mass is 9.83. The molecule has 0 unspecified atom stereocenters. The standard InChI is InChI=1S/C22H31N3O2/c1-27-14-13-25-12-9-17-7-8-18(15-21(17)25)22(26)23-16-19-5-4-11-24-10-3-2-6-20(19)24/h7-9,12,15,19-20H,2-6,10-11,13-14,16H2,1H3,(H,23,26)/t19-,20+/m0/s1. The Morgan fingerprint density at radius 3 is 2.96 bits per heavy atom. The molecule has 4 rings (SSSR count). The third-order valence-corrected chi connectivity index (χ3v) is 6.33. The number of piperidine rings is 2. The summed E-state index contributed by atoms with van der Waals surface area (Å²) < 4.78 is 7.34. The number of methoxy groups -OCH3 is 1. The Morgan fingerprint density at radius 2 is 2.07 bits per heavy atom. The van der Waals surface area contributed by atoms with Gasteiger partial charge in [-0.3, -0.25) is 4.79 Å². The van der Waals surface area contributed by atoms with Gasteiger partial charge in [0.1, 0.15) is 0 Å². The number of aromatic nitrogens is 1. The molecule has 2 fully saturated rings. The van der Waals surface area contributed by atoms with E-state index in [4.69, 9.17) is 4.74 Å². The van der Waals surface area contributed by atoms with Crippen LogP contribution in [0.15, 0.2) is 30.5 Å². The summed E-state index contributed by atoms with van der Waals surface area (Å²) in [7, 11) is 1.71. The molecule has 0 radical (unpaired) electrons. The number of carbonyl (C=O) groups is 1. The summed E-state index contributed by atoms with van der Waals surface area (Å²) in [4.78, 5) is 15.4. The molecule has 2 saturated heterocycles. The van der Waals surface area contributed by atoms with Crippen LogP contribution in [0, 0.1) is 5.92 Å². The summed E-state index contributed by atoms with van der Waals surface area (Å²) in [5.41, 5.74) is 1.84. The van der Waals surface area contributed by atoms with Gasteiger partial charge in [-0.1, -0.05) is 12.5 Å². The Hall–Kier alpha value is -1.85. The summed E-state index contributed by atoms with van der Waals surface area (Å²) in [6.45, 7) is 4.74. The Balaban J connectivity index is 1.41. The van der Waals surface area contributed by atoms with Gasteiger partial charge in [0.2, 0.25) is 0 Å². The molecule has 2 atom stereocenters. The summed E-state index contributed by atoms with van der Waals surface area (Å²) in [5, 5.41) is 4.38. The quantitative estimate of drug-likeness (QED) is 0.850. The predicted molar refractivity (Wildman–Crippen MR) is 108 cm³/mol. The Bertz CT molecular complexity index is 783. The van der Waals surface area contributed by atoms with Crippen LogP contribution in [-0.2, 0) is 11.3 Å². The summed E-state index contributed by atoms with van der Waals surface area (Å²) >= 11 is 0. The van der Waals surface area contributed by atoms with Crippen LogP contribution in [-0.4, -0.2) is 54.8 Å². The van der Waals surface area contributed by atoms with E-state index >= 15 is 0 Å². The van der Waals surface area contributed by atoms with Crippen LogP contribution in [0.2, 0.25) is 0 Å². The number of hydrogen-bond acceptors (Lipinski definition) is 3. The van der Waals surface area contributed by atoms with E-state index in [1.165, 1.54) is 45.2 Å².